The highest BCUT2D eigenvalue weighted by molar-refractivity contribution is 5.85. The van der Waals surface area contributed by atoms with Crippen LogP contribution in [0, 0.1) is 0 Å². The molecule has 1 fully saturated rings. The van der Waals surface area contributed by atoms with Crippen LogP contribution in [-0.4, -0.2) is 43.7 Å². The topological polar surface area (TPSA) is 50.8 Å². The van der Waals surface area contributed by atoms with Crippen molar-refractivity contribution in [1.82, 2.24) is 10.2 Å². The van der Waals surface area contributed by atoms with Crippen LogP contribution < -0.4 is 14.8 Å². The van der Waals surface area contributed by atoms with Crippen molar-refractivity contribution in [1.29, 1.82) is 0 Å². The maximum atomic E-state index is 12.3. The summed E-state index contributed by atoms with van der Waals surface area (Å²) >= 11 is 0. The number of ether oxygens (including phenoxy) is 2. The first-order chi connectivity index (χ1) is 15.2. The Labute approximate surface area is 184 Å². The molecule has 1 N–H and O–H groups in total. The van der Waals surface area contributed by atoms with Crippen molar-refractivity contribution in [3.63, 3.8) is 0 Å². The quantitative estimate of drug-likeness (QED) is 0.469. The number of benzene rings is 3. The molecule has 0 unspecified atom stereocenters. The highest BCUT2D eigenvalue weighted by Crippen LogP contribution is 2.30. The molecular formula is C26H30N2O3. The van der Waals surface area contributed by atoms with Gasteiger partial charge in [-0.2, -0.15) is 0 Å². The van der Waals surface area contributed by atoms with Crippen molar-refractivity contribution in [2.75, 3.05) is 26.8 Å². The van der Waals surface area contributed by atoms with E-state index in [2.05, 4.69) is 52.7 Å². The highest BCUT2D eigenvalue weighted by atomic mass is 16.5. The molecule has 0 aliphatic heterocycles. The van der Waals surface area contributed by atoms with Gasteiger partial charge < -0.3 is 14.8 Å². The molecule has 31 heavy (non-hydrogen) atoms. The molecule has 1 aliphatic carbocycles. The van der Waals surface area contributed by atoms with Crippen LogP contribution in [0.25, 0.3) is 10.8 Å². The Morgan fingerprint density at radius 3 is 2.52 bits per heavy atom. The van der Waals surface area contributed by atoms with Crippen molar-refractivity contribution in [3.8, 4) is 11.5 Å². The lowest BCUT2D eigenvalue weighted by Crippen LogP contribution is -2.33. The molecule has 0 aromatic heterocycles. The van der Waals surface area contributed by atoms with Crippen LogP contribution in [-0.2, 0) is 11.3 Å². The number of nitrogens with one attached hydrogen (secondary N) is 1. The number of fused-ring (bicyclic) bond motifs is 1. The zero-order valence-corrected chi connectivity index (χ0v) is 18.0. The molecule has 1 amide bonds. The van der Waals surface area contributed by atoms with Gasteiger partial charge in [0.25, 0.3) is 0 Å². The summed E-state index contributed by atoms with van der Waals surface area (Å²) in [6.45, 7) is 2.61. The Kier molecular flexibility index (Phi) is 7.05. The van der Waals surface area contributed by atoms with Gasteiger partial charge in [0.2, 0.25) is 5.91 Å². The zero-order valence-electron chi connectivity index (χ0n) is 18.0. The minimum absolute atomic E-state index is 0.0712. The molecule has 1 aliphatic rings. The number of carbonyl (C=O) groups excluding carboxylic acids is 1. The van der Waals surface area contributed by atoms with Gasteiger partial charge in [-0.05, 0) is 53.4 Å². The van der Waals surface area contributed by atoms with Gasteiger partial charge in [-0.3, -0.25) is 9.69 Å². The summed E-state index contributed by atoms with van der Waals surface area (Å²) in [4.78, 5) is 14.8. The van der Waals surface area contributed by atoms with E-state index in [1.54, 1.807) is 7.11 Å². The van der Waals surface area contributed by atoms with Crippen LogP contribution in [0.3, 0.4) is 0 Å². The first-order valence-electron chi connectivity index (χ1n) is 11.0. The van der Waals surface area contributed by atoms with Crippen molar-refractivity contribution in [2.24, 2.45) is 0 Å². The fourth-order valence-electron chi connectivity index (χ4n) is 3.84. The molecule has 0 spiro atoms. The van der Waals surface area contributed by atoms with E-state index >= 15 is 0 Å². The van der Waals surface area contributed by atoms with E-state index in [4.69, 9.17) is 9.47 Å². The second-order valence-electron chi connectivity index (χ2n) is 7.96. The fourth-order valence-corrected chi connectivity index (χ4v) is 3.84. The van der Waals surface area contributed by atoms with Gasteiger partial charge in [-0.15, -0.1) is 0 Å². The van der Waals surface area contributed by atoms with Crippen LogP contribution in [0.15, 0.2) is 66.7 Å². The first kappa shape index (κ1) is 21.2. The van der Waals surface area contributed by atoms with Gasteiger partial charge in [-0.1, -0.05) is 42.5 Å². The lowest BCUT2D eigenvalue weighted by Gasteiger charge is -2.22. The van der Waals surface area contributed by atoms with Gasteiger partial charge in [-0.25, -0.2) is 0 Å². The van der Waals surface area contributed by atoms with Gasteiger partial charge in [0.1, 0.15) is 18.1 Å². The Morgan fingerprint density at radius 1 is 1.00 bits per heavy atom. The normalized spacial score (nSPS) is 13.4. The predicted molar refractivity (Wildman–Crippen MR) is 123 cm³/mol. The Hall–Kier alpha value is -3.05. The summed E-state index contributed by atoms with van der Waals surface area (Å²) < 4.78 is 10.8. The summed E-state index contributed by atoms with van der Waals surface area (Å²) in [6, 6.07) is 23.0. The monoisotopic (exact) mass is 418 g/mol. The number of methoxy groups -OCH3 is 1. The minimum Gasteiger partial charge on any atom is -0.497 e. The SMILES string of the molecule is COc1ccc(OCCNC(=O)CCN(Cc2cccc3ccccc23)C2CC2)cc1. The standard InChI is InChI=1S/C26H30N2O3/c1-30-23-11-13-24(14-12-23)31-18-16-27-26(29)15-17-28(22-9-10-22)19-21-7-4-6-20-5-2-3-8-25(20)21/h2-8,11-14,22H,9-10,15-19H2,1H3,(H,27,29). The van der Waals surface area contributed by atoms with E-state index in [1.807, 2.05) is 24.3 Å². The number of nitrogens with zero attached hydrogens (tertiary/aromatic N) is 1. The van der Waals surface area contributed by atoms with Crippen LogP contribution >= 0.6 is 0 Å². The highest BCUT2D eigenvalue weighted by Gasteiger charge is 2.29. The second kappa shape index (κ2) is 10.3. The van der Waals surface area contributed by atoms with Crippen molar-refractivity contribution in [2.45, 2.75) is 31.8 Å². The average molecular weight is 419 g/mol. The van der Waals surface area contributed by atoms with E-state index in [-0.39, 0.29) is 5.91 Å². The predicted octanol–water partition coefficient (Wildman–Crippen LogP) is 4.40. The second-order valence-corrected chi connectivity index (χ2v) is 7.96. The average Bonchev–Trinajstić information content (AvgIpc) is 3.65. The third kappa shape index (κ3) is 5.98. The molecule has 0 bridgehead atoms. The Balaban J connectivity index is 1.22. The molecule has 0 atom stereocenters. The van der Waals surface area contributed by atoms with Crippen LogP contribution in [0.1, 0.15) is 24.8 Å². The molecule has 0 heterocycles. The first-order valence-corrected chi connectivity index (χ1v) is 11.0. The van der Waals surface area contributed by atoms with Crippen LogP contribution in [0.5, 0.6) is 11.5 Å². The smallest absolute Gasteiger partial charge is 0.221 e. The van der Waals surface area contributed by atoms with Gasteiger partial charge in [0, 0.05) is 25.6 Å². The van der Waals surface area contributed by atoms with Gasteiger partial charge in [0.05, 0.1) is 13.7 Å². The maximum Gasteiger partial charge on any atom is 0.221 e. The van der Waals surface area contributed by atoms with E-state index in [0.717, 1.165) is 24.6 Å². The molecular weight excluding hydrogens is 388 g/mol. The van der Waals surface area contributed by atoms with Gasteiger partial charge >= 0.3 is 0 Å². The summed E-state index contributed by atoms with van der Waals surface area (Å²) in [5.74, 6) is 1.64. The zero-order chi connectivity index (χ0) is 21.5. The van der Waals surface area contributed by atoms with E-state index < -0.39 is 0 Å². The summed E-state index contributed by atoms with van der Waals surface area (Å²) in [6.07, 6.45) is 2.95. The molecule has 1 saturated carbocycles. The third-order valence-corrected chi connectivity index (χ3v) is 5.70. The lowest BCUT2D eigenvalue weighted by molar-refractivity contribution is -0.121. The number of hydrogen-bond donors (Lipinski definition) is 1. The third-order valence-electron chi connectivity index (χ3n) is 5.70. The van der Waals surface area contributed by atoms with E-state index in [0.29, 0.717) is 25.6 Å². The van der Waals surface area contributed by atoms with E-state index in [1.165, 1.54) is 29.2 Å². The molecule has 162 valence electrons. The molecule has 0 saturated heterocycles. The summed E-state index contributed by atoms with van der Waals surface area (Å²) in [5.41, 5.74) is 1.33. The fraction of sp³-hybridized carbons (Fsp3) is 0.346. The lowest BCUT2D eigenvalue weighted by atomic mass is 10.0. The molecule has 5 nitrogen and oxygen atoms in total. The van der Waals surface area contributed by atoms with Crippen LogP contribution in [0.4, 0.5) is 0 Å². The number of carbonyl (C=O) groups is 1. The molecule has 0 radical (unpaired) electrons. The molecule has 3 aromatic carbocycles. The van der Waals surface area contributed by atoms with Gasteiger partial charge in [0.15, 0.2) is 0 Å². The van der Waals surface area contributed by atoms with Crippen molar-refractivity contribution in [3.05, 3.63) is 72.3 Å². The minimum atomic E-state index is 0.0712. The molecule has 4 rings (SSSR count). The van der Waals surface area contributed by atoms with E-state index in [9.17, 15) is 4.79 Å². The van der Waals surface area contributed by atoms with Crippen LogP contribution in [0.2, 0.25) is 0 Å². The molecule has 5 heteroatoms. The largest absolute Gasteiger partial charge is 0.497 e. The number of rotatable bonds is 11. The Morgan fingerprint density at radius 2 is 1.74 bits per heavy atom. The number of amides is 1. The number of hydrogen-bond acceptors (Lipinski definition) is 4. The maximum absolute atomic E-state index is 12.3. The van der Waals surface area contributed by atoms with Crippen molar-refractivity contribution < 1.29 is 14.3 Å². The van der Waals surface area contributed by atoms with Crippen molar-refractivity contribution >= 4 is 16.7 Å². The Bertz CT molecular complexity index is 994. The molecule has 3 aromatic rings. The summed E-state index contributed by atoms with van der Waals surface area (Å²) in [7, 11) is 1.64. The summed E-state index contributed by atoms with van der Waals surface area (Å²) in [5, 5.41) is 5.54.